The van der Waals surface area contributed by atoms with Gasteiger partial charge in [0.2, 0.25) is 0 Å². The van der Waals surface area contributed by atoms with Crippen molar-refractivity contribution in [1.82, 2.24) is 15.1 Å². The van der Waals surface area contributed by atoms with E-state index >= 15 is 0 Å². The molecule has 0 amide bonds. The number of fused-ring (bicyclic) bond motifs is 1. The van der Waals surface area contributed by atoms with Crippen molar-refractivity contribution in [2.45, 2.75) is 45.6 Å². The standard InChI is InChI=1S/C24H27N3O3/c1-16-19(9-10-20-21(16)15-30-23(20)29)22(28)12-25-24(2,3)18-11-26-27(14-18)13-17-7-5-4-6-8-17/h4-11,14,22,25,28H,12-13,15H2,1-3H3/t22-/m0/s1. The van der Waals surface area contributed by atoms with Crippen LogP contribution in [0.25, 0.3) is 0 Å². The van der Waals surface area contributed by atoms with Crippen LogP contribution in [-0.4, -0.2) is 27.4 Å². The molecule has 2 N–H and O–H groups in total. The highest BCUT2D eigenvalue weighted by atomic mass is 16.5. The lowest BCUT2D eigenvalue weighted by Gasteiger charge is -2.27. The Morgan fingerprint density at radius 1 is 1.23 bits per heavy atom. The molecule has 1 aliphatic heterocycles. The van der Waals surface area contributed by atoms with Gasteiger partial charge in [-0.1, -0.05) is 36.4 Å². The summed E-state index contributed by atoms with van der Waals surface area (Å²) in [7, 11) is 0. The van der Waals surface area contributed by atoms with Crippen molar-refractivity contribution in [3.8, 4) is 0 Å². The number of aliphatic hydroxyl groups is 1. The van der Waals surface area contributed by atoms with Crippen LogP contribution in [0.2, 0.25) is 0 Å². The second-order valence-corrected chi connectivity index (χ2v) is 8.32. The first-order valence-corrected chi connectivity index (χ1v) is 10.1. The van der Waals surface area contributed by atoms with Gasteiger partial charge in [0.1, 0.15) is 6.61 Å². The highest BCUT2D eigenvalue weighted by Crippen LogP contribution is 2.29. The van der Waals surface area contributed by atoms with Crippen molar-refractivity contribution in [1.29, 1.82) is 0 Å². The summed E-state index contributed by atoms with van der Waals surface area (Å²) in [5, 5.41) is 18.7. The van der Waals surface area contributed by atoms with Crippen molar-refractivity contribution >= 4 is 5.97 Å². The molecule has 0 saturated heterocycles. The third kappa shape index (κ3) is 4.01. The number of nitrogens with one attached hydrogen (secondary N) is 1. The van der Waals surface area contributed by atoms with Gasteiger partial charge in [-0.3, -0.25) is 4.68 Å². The molecule has 0 radical (unpaired) electrons. The van der Waals surface area contributed by atoms with Gasteiger partial charge in [0, 0.05) is 29.4 Å². The van der Waals surface area contributed by atoms with E-state index in [9.17, 15) is 9.90 Å². The summed E-state index contributed by atoms with van der Waals surface area (Å²) in [5.74, 6) is -0.291. The Bertz CT molecular complexity index is 1060. The highest BCUT2D eigenvalue weighted by Gasteiger charge is 2.27. The molecular weight excluding hydrogens is 378 g/mol. The molecule has 1 aliphatic rings. The van der Waals surface area contributed by atoms with E-state index in [1.807, 2.05) is 48.3 Å². The largest absolute Gasteiger partial charge is 0.457 e. The molecule has 2 aromatic carbocycles. The zero-order chi connectivity index (χ0) is 21.3. The second kappa shape index (κ2) is 8.05. The average Bonchev–Trinajstić information content (AvgIpc) is 3.35. The lowest BCUT2D eigenvalue weighted by atomic mass is 9.93. The minimum atomic E-state index is -0.690. The van der Waals surface area contributed by atoms with E-state index in [-0.39, 0.29) is 18.1 Å². The fraction of sp³-hybridized carbons (Fsp3) is 0.333. The number of carbonyl (C=O) groups is 1. The van der Waals surface area contributed by atoms with Gasteiger partial charge in [-0.2, -0.15) is 5.10 Å². The first-order valence-electron chi connectivity index (χ1n) is 10.1. The second-order valence-electron chi connectivity index (χ2n) is 8.32. The third-order valence-corrected chi connectivity index (χ3v) is 5.85. The zero-order valence-corrected chi connectivity index (χ0v) is 17.6. The normalized spacial score (nSPS) is 14.5. The smallest absolute Gasteiger partial charge is 0.338 e. The van der Waals surface area contributed by atoms with Crippen LogP contribution < -0.4 is 5.32 Å². The first-order chi connectivity index (χ1) is 14.3. The first kappa shape index (κ1) is 20.3. The molecule has 0 aliphatic carbocycles. The molecule has 3 aromatic rings. The molecular formula is C24H27N3O3. The van der Waals surface area contributed by atoms with Crippen LogP contribution in [-0.2, 0) is 23.4 Å². The van der Waals surface area contributed by atoms with E-state index in [0.717, 1.165) is 22.3 Å². The number of cyclic esters (lactones) is 1. The van der Waals surface area contributed by atoms with Gasteiger partial charge in [0.05, 0.1) is 24.4 Å². The molecule has 0 unspecified atom stereocenters. The van der Waals surface area contributed by atoms with Gasteiger partial charge >= 0.3 is 5.97 Å². The van der Waals surface area contributed by atoms with Gasteiger partial charge in [-0.15, -0.1) is 0 Å². The lowest BCUT2D eigenvalue weighted by Crippen LogP contribution is -2.39. The summed E-state index contributed by atoms with van der Waals surface area (Å²) in [5.41, 5.74) is 5.09. The summed E-state index contributed by atoms with van der Waals surface area (Å²) in [6.45, 7) is 7.45. The topological polar surface area (TPSA) is 76.4 Å². The predicted octanol–water partition coefficient (Wildman–Crippen LogP) is 3.47. The molecule has 1 aromatic heterocycles. The molecule has 1 atom stereocenters. The maximum absolute atomic E-state index is 11.7. The summed E-state index contributed by atoms with van der Waals surface area (Å²) >= 11 is 0. The number of ether oxygens (including phenoxy) is 1. The monoisotopic (exact) mass is 405 g/mol. The van der Waals surface area contributed by atoms with Crippen LogP contribution in [0.15, 0.2) is 54.9 Å². The third-order valence-electron chi connectivity index (χ3n) is 5.85. The fourth-order valence-electron chi connectivity index (χ4n) is 3.84. The highest BCUT2D eigenvalue weighted by molar-refractivity contribution is 5.93. The molecule has 6 nitrogen and oxygen atoms in total. The predicted molar refractivity (Wildman–Crippen MR) is 114 cm³/mol. The molecule has 6 heteroatoms. The van der Waals surface area contributed by atoms with Crippen molar-refractivity contribution < 1.29 is 14.6 Å². The Morgan fingerprint density at radius 3 is 2.77 bits per heavy atom. The van der Waals surface area contributed by atoms with Crippen LogP contribution in [0.5, 0.6) is 0 Å². The number of hydrogen-bond acceptors (Lipinski definition) is 5. The van der Waals surface area contributed by atoms with Crippen LogP contribution in [0.4, 0.5) is 0 Å². The maximum Gasteiger partial charge on any atom is 0.338 e. The van der Waals surface area contributed by atoms with Crippen LogP contribution >= 0.6 is 0 Å². The van der Waals surface area contributed by atoms with Crippen molar-refractivity contribution in [3.63, 3.8) is 0 Å². The maximum atomic E-state index is 11.7. The van der Waals surface area contributed by atoms with Crippen LogP contribution in [0.1, 0.15) is 58.1 Å². The molecule has 2 heterocycles. The number of carbonyl (C=O) groups excluding carboxylic acids is 1. The van der Waals surface area contributed by atoms with E-state index in [1.165, 1.54) is 5.56 Å². The molecule has 4 rings (SSSR count). The van der Waals surface area contributed by atoms with Gasteiger partial charge < -0.3 is 15.2 Å². The van der Waals surface area contributed by atoms with Crippen molar-refractivity contribution in [2.75, 3.05) is 6.54 Å². The minimum absolute atomic E-state index is 0.278. The number of hydrogen-bond donors (Lipinski definition) is 2. The Balaban J connectivity index is 1.42. The molecule has 0 fully saturated rings. The molecule has 156 valence electrons. The number of rotatable bonds is 7. The Kier molecular flexibility index (Phi) is 5.45. The van der Waals surface area contributed by atoms with E-state index in [2.05, 4.69) is 36.4 Å². The van der Waals surface area contributed by atoms with Gasteiger partial charge in [-0.25, -0.2) is 4.79 Å². The molecule has 0 saturated carbocycles. The van der Waals surface area contributed by atoms with Gasteiger partial charge in [-0.05, 0) is 43.5 Å². The number of benzene rings is 2. The van der Waals surface area contributed by atoms with Gasteiger partial charge in [0.25, 0.3) is 0 Å². The number of aliphatic hydroxyl groups excluding tert-OH is 1. The van der Waals surface area contributed by atoms with Crippen LogP contribution in [0, 0.1) is 6.92 Å². The number of esters is 1. The van der Waals surface area contributed by atoms with E-state index in [0.29, 0.717) is 18.7 Å². The number of nitrogens with zero attached hydrogens (tertiary/aromatic N) is 2. The van der Waals surface area contributed by atoms with Gasteiger partial charge in [0.15, 0.2) is 0 Å². The Labute approximate surface area is 176 Å². The lowest BCUT2D eigenvalue weighted by molar-refractivity contribution is 0.0535. The SMILES string of the molecule is Cc1c([C@@H](O)CNC(C)(C)c2cnn(Cc3ccccc3)c2)ccc2c1COC2=O. The number of aromatic nitrogens is 2. The fourth-order valence-corrected chi connectivity index (χ4v) is 3.84. The van der Waals surface area contributed by atoms with Crippen molar-refractivity contribution in [3.05, 3.63) is 88.2 Å². The van der Waals surface area contributed by atoms with E-state index in [4.69, 9.17) is 4.74 Å². The van der Waals surface area contributed by atoms with Crippen LogP contribution in [0.3, 0.4) is 0 Å². The quantitative estimate of drug-likeness (QED) is 0.589. The van der Waals surface area contributed by atoms with Crippen molar-refractivity contribution in [2.24, 2.45) is 0 Å². The summed E-state index contributed by atoms with van der Waals surface area (Å²) in [6.07, 6.45) is 3.21. The summed E-state index contributed by atoms with van der Waals surface area (Å²) < 4.78 is 7.03. The molecule has 30 heavy (non-hydrogen) atoms. The zero-order valence-electron chi connectivity index (χ0n) is 17.6. The van der Waals surface area contributed by atoms with E-state index < -0.39 is 6.10 Å². The summed E-state index contributed by atoms with van der Waals surface area (Å²) in [6, 6.07) is 13.8. The Hall–Kier alpha value is -2.96. The molecule has 0 spiro atoms. The Morgan fingerprint density at radius 2 is 2.00 bits per heavy atom. The average molecular weight is 405 g/mol. The van der Waals surface area contributed by atoms with E-state index in [1.54, 1.807) is 6.07 Å². The minimum Gasteiger partial charge on any atom is -0.457 e. The molecule has 0 bridgehead atoms. The summed E-state index contributed by atoms with van der Waals surface area (Å²) in [4.78, 5) is 11.7.